The van der Waals surface area contributed by atoms with Gasteiger partial charge in [0.05, 0.1) is 4.47 Å². The molecule has 0 unspecified atom stereocenters. The first-order valence-corrected chi connectivity index (χ1v) is 7.25. The highest BCUT2D eigenvalue weighted by Gasteiger charge is 2.27. The Hall–Kier alpha value is -1.89. The molecule has 1 aliphatic rings. The van der Waals surface area contributed by atoms with Gasteiger partial charge in [-0.15, -0.1) is 0 Å². The van der Waals surface area contributed by atoms with E-state index in [2.05, 4.69) is 26.1 Å². The van der Waals surface area contributed by atoms with E-state index in [1.165, 1.54) is 0 Å². The monoisotopic (exact) mass is 353 g/mol. The van der Waals surface area contributed by atoms with Crippen LogP contribution < -0.4 is 0 Å². The fourth-order valence-electron chi connectivity index (χ4n) is 2.47. The van der Waals surface area contributed by atoms with Gasteiger partial charge in [0.1, 0.15) is 0 Å². The van der Waals surface area contributed by atoms with Crippen molar-refractivity contribution in [2.45, 2.75) is 12.8 Å². The third-order valence-corrected chi connectivity index (χ3v) is 4.35. The number of hydrogen-bond donors (Lipinski definition) is 2. The number of benzene rings is 1. The van der Waals surface area contributed by atoms with Gasteiger partial charge in [0, 0.05) is 31.3 Å². The SMILES string of the molecule is CN1CCc2c(n[nH]c2Cc2ccc(Br)c(O)c2F)C1=O. The van der Waals surface area contributed by atoms with Crippen LogP contribution in [0.15, 0.2) is 16.6 Å². The maximum Gasteiger partial charge on any atom is 0.274 e. The summed E-state index contributed by atoms with van der Waals surface area (Å²) in [6.07, 6.45) is 0.944. The Kier molecular flexibility index (Phi) is 3.44. The van der Waals surface area contributed by atoms with E-state index in [0.29, 0.717) is 34.4 Å². The number of phenols is 1. The lowest BCUT2D eigenvalue weighted by atomic mass is 9.99. The molecule has 3 rings (SSSR count). The summed E-state index contributed by atoms with van der Waals surface area (Å²) in [4.78, 5) is 13.6. The van der Waals surface area contributed by atoms with Crippen molar-refractivity contribution in [3.05, 3.63) is 44.9 Å². The molecule has 1 amide bonds. The summed E-state index contributed by atoms with van der Waals surface area (Å²) in [6.45, 7) is 0.617. The van der Waals surface area contributed by atoms with E-state index in [9.17, 15) is 14.3 Å². The van der Waals surface area contributed by atoms with E-state index in [1.807, 2.05) is 0 Å². The minimum Gasteiger partial charge on any atom is -0.504 e. The van der Waals surface area contributed by atoms with E-state index < -0.39 is 11.6 Å². The second-order valence-corrected chi connectivity index (χ2v) is 5.91. The summed E-state index contributed by atoms with van der Waals surface area (Å²) in [5.41, 5.74) is 2.31. The predicted molar refractivity (Wildman–Crippen MR) is 77.8 cm³/mol. The molecule has 2 heterocycles. The van der Waals surface area contributed by atoms with Crippen molar-refractivity contribution in [1.29, 1.82) is 0 Å². The highest BCUT2D eigenvalue weighted by Crippen LogP contribution is 2.30. The van der Waals surface area contributed by atoms with Crippen LogP contribution in [0, 0.1) is 5.82 Å². The van der Waals surface area contributed by atoms with Gasteiger partial charge in [0.25, 0.3) is 5.91 Å². The van der Waals surface area contributed by atoms with Gasteiger partial charge in [0.15, 0.2) is 17.3 Å². The Bertz CT molecular complexity index is 729. The van der Waals surface area contributed by atoms with E-state index in [0.717, 1.165) is 5.56 Å². The van der Waals surface area contributed by atoms with E-state index in [-0.39, 0.29) is 12.3 Å². The van der Waals surface area contributed by atoms with Crippen LogP contribution in [0.5, 0.6) is 5.75 Å². The molecule has 110 valence electrons. The van der Waals surface area contributed by atoms with E-state index in [4.69, 9.17) is 0 Å². The third-order valence-electron chi connectivity index (χ3n) is 3.71. The van der Waals surface area contributed by atoms with Crippen molar-refractivity contribution in [2.75, 3.05) is 13.6 Å². The van der Waals surface area contributed by atoms with Crippen molar-refractivity contribution in [3.63, 3.8) is 0 Å². The van der Waals surface area contributed by atoms with Crippen LogP contribution in [-0.2, 0) is 12.8 Å². The van der Waals surface area contributed by atoms with Gasteiger partial charge in [-0.2, -0.15) is 5.10 Å². The molecule has 0 fully saturated rings. The number of aromatic amines is 1. The lowest BCUT2D eigenvalue weighted by molar-refractivity contribution is 0.0775. The molecule has 5 nitrogen and oxygen atoms in total. The second kappa shape index (κ2) is 5.14. The number of amides is 1. The topological polar surface area (TPSA) is 69.2 Å². The third kappa shape index (κ3) is 2.31. The largest absolute Gasteiger partial charge is 0.504 e. The molecule has 2 N–H and O–H groups in total. The summed E-state index contributed by atoms with van der Waals surface area (Å²) in [7, 11) is 1.73. The quantitative estimate of drug-likeness (QED) is 0.869. The van der Waals surface area contributed by atoms with Crippen molar-refractivity contribution >= 4 is 21.8 Å². The first kappa shape index (κ1) is 14.1. The maximum absolute atomic E-state index is 14.0. The van der Waals surface area contributed by atoms with Gasteiger partial charge in [-0.3, -0.25) is 9.89 Å². The van der Waals surface area contributed by atoms with Crippen LogP contribution in [0.2, 0.25) is 0 Å². The summed E-state index contributed by atoms with van der Waals surface area (Å²) in [5, 5.41) is 16.5. The molecule has 0 saturated heterocycles. The molecule has 0 aliphatic carbocycles. The van der Waals surface area contributed by atoms with Gasteiger partial charge >= 0.3 is 0 Å². The minimum atomic E-state index is -0.660. The van der Waals surface area contributed by atoms with Gasteiger partial charge in [-0.05, 0) is 34.0 Å². The Balaban J connectivity index is 1.96. The van der Waals surface area contributed by atoms with Crippen LogP contribution in [-0.4, -0.2) is 39.7 Å². The first-order chi connectivity index (χ1) is 9.99. The smallest absolute Gasteiger partial charge is 0.274 e. The zero-order valence-electron chi connectivity index (χ0n) is 11.3. The van der Waals surface area contributed by atoms with Gasteiger partial charge < -0.3 is 10.0 Å². The number of aromatic hydroxyl groups is 1. The summed E-state index contributed by atoms with van der Waals surface area (Å²) in [5.74, 6) is -1.19. The van der Waals surface area contributed by atoms with E-state index >= 15 is 0 Å². The summed E-state index contributed by atoms with van der Waals surface area (Å²) >= 11 is 3.07. The molecule has 0 bridgehead atoms. The number of nitrogens with zero attached hydrogens (tertiary/aromatic N) is 2. The Morgan fingerprint density at radius 3 is 3.05 bits per heavy atom. The average Bonchev–Trinajstić information content (AvgIpc) is 2.87. The molecule has 0 spiro atoms. The number of nitrogens with one attached hydrogen (secondary N) is 1. The lowest BCUT2D eigenvalue weighted by Crippen LogP contribution is -2.34. The van der Waals surface area contributed by atoms with Gasteiger partial charge in [0.2, 0.25) is 0 Å². The number of phenolic OH excluding ortho intramolecular Hbond substituents is 1. The van der Waals surface area contributed by atoms with Crippen LogP contribution in [0.4, 0.5) is 4.39 Å². The van der Waals surface area contributed by atoms with Crippen LogP contribution >= 0.6 is 15.9 Å². The molecule has 1 aliphatic heterocycles. The highest BCUT2D eigenvalue weighted by atomic mass is 79.9. The Morgan fingerprint density at radius 2 is 2.29 bits per heavy atom. The standard InChI is InChI=1S/C14H13BrFN3O2/c1-19-5-4-8-10(17-18-12(8)14(19)21)6-7-2-3-9(15)13(20)11(7)16/h2-3,20H,4-6H2,1H3,(H,17,18). The molecule has 1 aromatic heterocycles. The molecule has 7 heteroatoms. The normalized spacial score (nSPS) is 14.4. The van der Waals surface area contributed by atoms with Gasteiger partial charge in [-0.1, -0.05) is 6.07 Å². The molecular weight excluding hydrogens is 341 g/mol. The molecular formula is C14H13BrFN3O2. The number of carbonyl (C=O) groups excluding carboxylic acids is 1. The molecule has 2 aromatic rings. The van der Waals surface area contributed by atoms with Crippen molar-refractivity contribution in [3.8, 4) is 5.75 Å². The zero-order chi connectivity index (χ0) is 15.1. The number of halogens is 2. The maximum atomic E-state index is 14.0. The Labute approximate surface area is 128 Å². The number of carbonyl (C=O) groups is 1. The Morgan fingerprint density at radius 1 is 1.52 bits per heavy atom. The highest BCUT2D eigenvalue weighted by molar-refractivity contribution is 9.10. The van der Waals surface area contributed by atoms with E-state index in [1.54, 1.807) is 24.1 Å². The number of H-pyrrole nitrogens is 1. The van der Waals surface area contributed by atoms with Crippen molar-refractivity contribution in [1.82, 2.24) is 15.1 Å². The number of likely N-dealkylation sites (N-methyl/N-ethyl adjacent to an activating group) is 1. The number of fused-ring (bicyclic) bond motifs is 1. The number of hydrogen-bond acceptors (Lipinski definition) is 3. The summed E-state index contributed by atoms with van der Waals surface area (Å²) < 4.78 is 14.3. The summed E-state index contributed by atoms with van der Waals surface area (Å²) in [6, 6.07) is 3.19. The molecule has 0 saturated carbocycles. The number of aromatic nitrogens is 2. The second-order valence-electron chi connectivity index (χ2n) is 5.05. The lowest BCUT2D eigenvalue weighted by Gasteiger charge is -2.21. The van der Waals surface area contributed by atoms with Crippen LogP contribution in [0.1, 0.15) is 27.3 Å². The molecule has 0 radical (unpaired) electrons. The fourth-order valence-corrected chi connectivity index (χ4v) is 2.77. The van der Waals surface area contributed by atoms with Crippen molar-refractivity contribution in [2.24, 2.45) is 0 Å². The zero-order valence-corrected chi connectivity index (χ0v) is 12.9. The van der Waals surface area contributed by atoms with Crippen LogP contribution in [0.3, 0.4) is 0 Å². The average molecular weight is 354 g/mol. The number of rotatable bonds is 2. The molecule has 21 heavy (non-hydrogen) atoms. The first-order valence-electron chi connectivity index (χ1n) is 6.46. The van der Waals surface area contributed by atoms with Crippen LogP contribution in [0.25, 0.3) is 0 Å². The minimum absolute atomic E-state index is 0.127. The van der Waals surface area contributed by atoms with Gasteiger partial charge in [-0.25, -0.2) is 4.39 Å². The van der Waals surface area contributed by atoms with Crippen molar-refractivity contribution < 1.29 is 14.3 Å². The molecule has 1 aromatic carbocycles. The predicted octanol–water partition coefficient (Wildman–Crippen LogP) is 2.24. The fraction of sp³-hybridized carbons (Fsp3) is 0.286. The molecule has 0 atom stereocenters.